The first-order valence-electron chi connectivity index (χ1n) is 5.51. The minimum Gasteiger partial charge on any atom is -0.288 e. The van der Waals surface area contributed by atoms with Gasteiger partial charge in [0, 0.05) is 6.21 Å². The van der Waals surface area contributed by atoms with Crippen LogP contribution in [0, 0.1) is 0 Å². The molecule has 0 N–H and O–H groups in total. The van der Waals surface area contributed by atoms with Crippen molar-refractivity contribution < 1.29 is 0 Å². The van der Waals surface area contributed by atoms with Gasteiger partial charge in [-0.05, 0) is 37.8 Å². The molecule has 0 saturated heterocycles. The van der Waals surface area contributed by atoms with Crippen LogP contribution >= 0.6 is 0 Å². The predicted octanol–water partition coefficient (Wildman–Crippen LogP) is 3.86. The van der Waals surface area contributed by atoms with Crippen LogP contribution in [0.1, 0.15) is 26.7 Å². The fourth-order valence-electron chi connectivity index (χ4n) is 1.44. The average molecular weight is 201 g/mol. The van der Waals surface area contributed by atoms with Crippen LogP contribution in [0.15, 0.2) is 52.6 Å². The van der Waals surface area contributed by atoms with E-state index in [1.807, 2.05) is 26.1 Å². The highest BCUT2D eigenvalue weighted by Crippen LogP contribution is 2.07. The minimum atomic E-state index is 0.770. The van der Waals surface area contributed by atoms with Crippen molar-refractivity contribution >= 4 is 6.21 Å². The predicted molar refractivity (Wildman–Crippen MR) is 68.4 cm³/mol. The van der Waals surface area contributed by atoms with Gasteiger partial charge in [0.15, 0.2) is 0 Å². The fraction of sp³-hybridized carbons (Fsp3) is 0.357. The van der Waals surface area contributed by atoms with Crippen molar-refractivity contribution in [2.24, 2.45) is 4.99 Å². The molecule has 0 fully saturated rings. The number of nitrogens with zero attached hydrogens (tertiary/aromatic N) is 1. The highest BCUT2D eigenvalue weighted by atomic mass is 14.7. The molecule has 0 unspecified atom stereocenters. The molecular weight excluding hydrogens is 182 g/mol. The molecule has 0 aromatic carbocycles. The van der Waals surface area contributed by atoms with Gasteiger partial charge in [0.2, 0.25) is 0 Å². The molecule has 0 spiro atoms. The van der Waals surface area contributed by atoms with E-state index in [-0.39, 0.29) is 0 Å². The largest absolute Gasteiger partial charge is 0.288 e. The first-order valence-corrected chi connectivity index (χ1v) is 5.51. The molecule has 0 bridgehead atoms. The summed E-state index contributed by atoms with van der Waals surface area (Å²) >= 11 is 0. The van der Waals surface area contributed by atoms with Crippen LogP contribution in [0.25, 0.3) is 0 Å². The molecule has 0 aromatic heterocycles. The molecule has 1 nitrogen and oxygen atoms in total. The molecule has 0 radical (unpaired) electrons. The molecule has 0 heterocycles. The van der Waals surface area contributed by atoms with Gasteiger partial charge in [0.05, 0.1) is 6.54 Å². The Morgan fingerprint density at radius 1 is 1.40 bits per heavy atom. The second kappa shape index (κ2) is 6.99. The molecule has 0 saturated carbocycles. The molecule has 0 aliphatic heterocycles. The molecular formula is C14H19N. The molecule has 0 amide bonds. The van der Waals surface area contributed by atoms with Crippen LogP contribution in [0.3, 0.4) is 0 Å². The second-order valence-electron chi connectivity index (χ2n) is 3.52. The maximum atomic E-state index is 4.42. The number of rotatable bonds is 4. The Hall–Kier alpha value is -1.37. The van der Waals surface area contributed by atoms with Crippen molar-refractivity contribution in [3.63, 3.8) is 0 Å². The summed E-state index contributed by atoms with van der Waals surface area (Å²) in [5.74, 6) is 0. The Kier molecular flexibility index (Phi) is 5.46. The van der Waals surface area contributed by atoms with Gasteiger partial charge >= 0.3 is 0 Å². The van der Waals surface area contributed by atoms with Crippen molar-refractivity contribution in [3.8, 4) is 0 Å². The lowest BCUT2D eigenvalue weighted by atomic mass is 10.1. The Bertz CT molecular complexity index is 327. The average Bonchev–Trinajstić information content (AvgIpc) is 2.29. The van der Waals surface area contributed by atoms with Crippen LogP contribution in [0.4, 0.5) is 0 Å². The van der Waals surface area contributed by atoms with E-state index in [1.165, 1.54) is 11.1 Å². The van der Waals surface area contributed by atoms with Crippen molar-refractivity contribution in [3.05, 3.63) is 47.6 Å². The fourth-order valence-corrected chi connectivity index (χ4v) is 1.44. The molecule has 1 aliphatic rings. The van der Waals surface area contributed by atoms with E-state index in [2.05, 4.69) is 35.4 Å². The van der Waals surface area contributed by atoms with Gasteiger partial charge in [0.1, 0.15) is 0 Å². The highest BCUT2D eigenvalue weighted by molar-refractivity contribution is 5.82. The van der Waals surface area contributed by atoms with E-state index in [0.717, 1.165) is 19.4 Å². The van der Waals surface area contributed by atoms with E-state index in [9.17, 15) is 0 Å². The Morgan fingerprint density at radius 3 is 2.87 bits per heavy atom. The normalized spacial score (nSPS) is 17.7. The molecule has 15 heavy (non-hydrogen) atoms. The van der Waals surface area contributed by atoms with E-state index in [4.69, 9.17) is 0 Å². The van der Waals surface area contributed by atoms with Crippen LogP contribution < -0.4 is 0 Å². The Labute approximate surface area is 92.6 Å². The summed E-state index contributed by atoms with van der Waals surface area (Å²) in [6, 6.07) is 0. The minimum absolute atomic E-state index is 0.770. The smallest absolute Gasteiger partial charge is 0.0636 e. The number of hydrogen-bond donors (Lipinski definition) is 0. The lowest BCUT2D eigenvalue weighted by Crippen LogP contribution is -1.89. The van der Waals surface area contributed by atoms with E-state index in [1.54, 1.807) is 0 Å². The standard InChI is InChI=1S/C14H19N/c1-3-8-13(4-2)11-15-12-14-9-6-5-7-10-14/h3-4,6,8-10,12H,5,7,11H2,1-2H3/b8-3-,13-4+,15-12?. The van der Waals surface area contributed by atoms with E-state index >= 15 is 0 Å². The van der Waals surface area contributed by atoms with Gasteiger partial charge < -0.3 is 0 Å². The summed E-state index contributed by atoms with van der Waals surface area (Å²) in [5.41, 5.74) is 2.49. The van der Waals surface area contributed by atoms with Crippen LogP contribution in [-0.4, -0.2) is 12.8 Å². The summed E-state index contributed by atoms with van der Waals surface area (Å²) in [7, 11) is 0. The SMILES string of the molecule is C/C=C\C(=C/C)CN=CC1=CCCC=C1. The maximum absolute atomic E-state index is 4.42. The summed E-state index contributed by atoms with van der Waals surface area (Å²) < 4.78 is 0. The number of hydrogen-bond acceptors (Lipinski definition) is 1. The highest BCUT2D eigenvalue weighted by Gasteiger charge is 1.93. The Morgan fingerprint density at radius 2 is 2.27 bits per heavy atom. The molecule has 80 valence electrons. The van der Waals surface area contributed by atoms with Crippen molar-refractivity contribution in [2.75, 3.05) is 6.54 Å². The summed E-state index contributed by atoms with van der Waals surface area (Å²) in [6.07, 6.45) is 17.1. The zero-order valence-electron chi connectivity index (χ0n) is 9.61. The topological polar surface area (TPSA) is 12.4 Å². The third-order valence-electron chi connectivity index (χ3n) is 2.29. The maximum Gasteiger partial charge on any atom is 0.0636 e. The van der Waals surface area contributed by atoms with E-state index in [0.29, 0.717) is 0 Å². The quantitative estimate of drug-likeness (QED) is 0.484. The van der Waals surface area contributed by atoms with Gasteiger partial charge in [-0.15, -0.1) is 0 Å². The molecule has 0 atom stereocenters. The first kappa shape index (κ1) is 11.7. The van der Waals surface area contributed by atoms with Crippen molar-refractivity contribution in [2.45, 2.75) is 26.7 Å². The third kappa shape index (κ3) is 4.59. The third-order valence-corrected chi connectivity index (χ3v) is 2.29. The van der Waals surface area contributed by atoms with Gasteiger partial charge in [-0.25, -0.2) is 0 Å². The van der Waals surface area contributed by atoms with Gasteiger partial charge in [-0.2, -0.15) is 0 Å². The summed E-state index contributed by atoms with van der Waals surface area (Å²) in [4.78, 5) is 4.42. The van der Waals surface area contributed by atoms with Gasteiger partial charge in [-0.1, -0.05) is 36.5 Å². The zero-order chi connectivity index (χ0) is 10.9. The molecule has 0 aromatic rings. The lowest BCUT2D eigenvalue weighted by molar-refractivity contribution is 1.03. The zero-order valence-corrected chi connectivity index (χ0v) is 9.61. The van der Waals surface area contributed by atoms with E-state index < -0.39 is 0 Å². The molecule has 1 aliphatic carbocycles. The molecule has 1 heteroatoms. The monoisotopic (exact) mass is 201 g/mol. The van der Waals surface area contributed by atoms with Crippen molar-refractivity contribution in [1.29, 1.82) is 0 Å². The Balaban J connectivity index is 2.45. The first-order chi connectivity index (χ1) is 7.36. The van der Waals surface area contributed by atoms with Crippen molar-refractivity contribution in [1.82, 2.24) is 0 Å². The summed E-state index contributed by atoms with van der Waals surface area (Å²) in [6.45, 7) is 4.84. The second-order valence-corrected chi connectivity index (χ2v) is 3.52. The van der Waals surface area contributed by atoms with Crippen LogP contribution in [-0.2, 0) is 0 Å². The van der Waals surface area contributed by atoms with Gasteiger partial charge in [0.25, 0.3) is 0 Å². The number of aliphatic imine (C=N–C) groups is 1. The number of allylic oxidation sites excluding steroid dienone is 6. The van der Waals surface area contributed by atoms with Crippen LogP contribution in [0.5, 0.6) is 0 Å². The summed E-state index contributed by atoms with van der Waals surface area (Å²) in [5, 5.41) is 0. The van der Waals surface area contributed by atoms with Gasteiger partial charge in [-0.3, -0.25) is 4.99 Å². The lowest BCUT2D eigenvalue weighted by Gasteiger charge is -2.00. The van der Waals surface area contributed by atoms with Crippen LogP contribution in [0.2, 0.25) is 0 Å². The molecule has 1 rings (SSSR count).